The quantitative estimate of drug-likeness (QED) is 0.0931. The van der Waals surface area contributed by atoms with Gasteiger partial charge in [-0.25, -0.2) is 19.6 Å². The number of hydrogen-bond acceptors (Lipinski definition) is 8. The molecule has 4 heterocycles. The first kappa shape index (κ1) is 40.6. The number of H-pyrrole nitrogens is 2. The predicted octanol–water partition coefficient (Wildman–Crippen LogP) is 7.40. The highest BCUT2D eigenvalue weighted by atomic mass is 16.5. The molecule has 326 valence electrons. The molecular weight excluding hydrogens is 801 g/mol. The molecule has 4 fully saturated rings. The number of carbonyl (C=O) groups is 5. The number of rotatable bonds is 10. The number of hydrogen-bond donors (Lipinski definition) is 5. The molecule has 2 aromatic heterocycles. The summed E-state index contributed by atoms with van der Waals surface area (Å²) >= 11 is 0. The van der Waals surface area contributed by atoms with E-state index in [1.807, 2.05) is 87.2 Å². The number of ketones is 1. The lowest BCUT2D eigenvalue weighted by atomic mass is 9.93. The number of nitrogens with zero attached hydrogens (tertiary/aromatic N) is 4. The lowest BCUT2D eigenvalue weighted by Crippen LogP contribution is -2.56. The summed E-state index contributed by atoms with van der Waals surface area (Å²) < 4.78 is 4.83. The van der Waals surface area contributed by atoms with Gasteiger partial charge in [0.1, 0.15) is 29.3 Å². The van der Waals surface area contributed by atoms with E-state index in [1.165, 1.54) is 7.11 Å². The van der Waals surface area contributed by atoms with Crippen molar-refractivity contribution in [2.75, 3.05) is 20.2 Å². The number of imidazole rings is 2. The number of alkyl carbamates (subject to hydrolysis) is 1. The standard InChI is InChI=1S/C48H52N8O7/c1-24(2)38(53-45(60)61)42(58)55-23-47(14-15-47)20-37(55)41-49-21-36(50-41)29-7-10-31-30-9-6-27(16-32(30)40(57)33(31)17-29)28-8-11-34-35(18-28)52-44(51-34)48-13-12-26(19-48)22-56(48)43(59)39(25(3)4)54-46(62)63-5/h6-11,16-18,21,24-26,37-39,53H,12-15,19-20,22-23H2,1-5H3,(H,49,50)(H,51,52)(H,54,62)(H,60,61). The zero-order valence-electron chi connectivity index (χ0n) is 36.1. The molecule has 3 aromatic carbocycles. The second-order valence-corrected chi connectivity index (χ2v) is 19.2. The van der Waals surface area contributed by atoms with Gasteiger partial charge < -0.3 is 40.2 Å². The van der Waals surface area contributed by atoms with E-state index in [9.17, 15) is 29.1 Å². The Hall–Kier alpha value is -6.51. The fourth-order valence-corrected chi connectivity index (χ4v) is 10.9. The van der Waals surface area contributed by atoms with E-state index >= 15 is 0 Å². The summed E-state index contributed by atoms with van der Waals surface area (Å²) in [6, 6.07) is 16.0. The van der Waals surface area contributed by atoms with Crippen LogP contribution in [0.3, 0.4) is 0 Å². The van der Waals surface area contributed by atoms with Crippen molar-refractivity contribution in [2.24, 2.45) is 23.2 Å². The molecule has 2 bridgehead atoms. The summed E-state index contributed by atoms with van der Waals surface area (Å²) in [6.07, 6.45) is 5.27. The highest BCUT2D eigenvalue weighted by Crippen LogP contribution is 2.58. The van der Waals surface area contributed by atoms with Gasteiger partial charge in [-0.2, -0.15) is 0 Å². The van der Waals surface area contributed by atoms with Gasteiger partial charge in [-0.3, -0.25) is 14.4 Å². The topological polar surface area (TPSA) is 203 Å². The Morgan fingerprint density at radius 2 is 1.49 bits per heavy atom. The van der Waals surface area contributed by atoms with Crippen LogP contribution >= 0.6 is 0 Å². The number of ether oxygens (including phenoxy) is 1. The molecule has 63 heavy (non-hydrogen) atoms. The SMILES string of the molecule is COC(=O)NC(C(=O)N1CC2CCC1(c1nc3ccc(-c4ccc5c(c4)C(=O)c4cc(-c6cnc(C7CC8(CC8)CN7C(=O)C(NC(=O)O)C(C)C)[nH]6)ccc4-5)cc3[nH]1)C2)C(C)C. The number of methoxy groups -OCH3 is 1. The fraction of sp³-hybridized carbons (Fsp3) is 0.438. The Labute approximate surface area is 364 Å². The lowest BCUT2D eigenvalue weighted by molar-refractivity contribution is -0.140. The fourth-order valence-electron chi connectivity index (χ4n) is 10.9. The van der Waals surface area contributed by atoms with Crippen LogP contribution in [-0.4, -0.2) is 96.9 Å². The summed E-state index contributed by atoms with van der Waals surface area (Å²) in [5.41, 5.74) is 7.35. The van der Waals surface area contributed by atoms with Crippen molar-refractivity contribution in [1.82, 2.24) is 40.4 Å². The zero-order valence-corrected chi connectivity index (χ0v) is 36.1. The van der Waals surface area contributed by atoms with E-state index in [2.05, 4.69) is 20.6 Å². The van der Waals surface area contributed by atoms with Crippen LogP contribution in [0, 0.1) is 23.2 Å². The van der Waals surface area contributed by atoms with Gasteiger partial charge in [0.25, 0.3) is 0 Å². The van der Waals surface area contributed by atoms with E-state index in [0.717, 1.165) is 88.9 Å². The van der Waals surface area contributed by atoms with Gasteiger partial charge in [-0.15, -0.1) is 0 Å². The third-order valence-corrected chi connectivity index (χ3v) is 14.5. The lowest BCUT2D eigenvalue weighted by Gasteiger charge is -2.40. The summed E-state index contributed by atoms with van der Waals surface area (Å²) in [7, 11) is 1.29. The summed E-state index contributed by atoms with van der Waals surface area (Å²) in [5.74, 6) is 0.957. The van der Waals surface area contributed by atoms with Crippen molar-refractivity contribution < 1.29 is 33.8 Å². The summed E-state index contributed by atoms with van der Waals surface area (Å²) in [6.45, 7) is 8.68. The summed E-state index contributed by atoms with van der Waals surface area (Å²) in [4.78, 5) is 86.3. The van der Waals surface area contributed by atoms with Crippen molar-refractivity contribution in [3.05, 3.63) is 83.6 Å². The van der Waals surface area contributed by atoms with Crippen molar-refractivity contribution in [1.29, 1.82) is 0 Å². The average molecular weight is 853 g/mol. The van der Waals surface area contributed by atoms with Crippen LogP contribution in [0.2, 0.25) is 0 Å². The molecular formula is C48H52N8O7. The Balaban J connectivity index is 0.890. The van der Waals surface area contributed by atoms with Crippen LogP contribution in [-0.2, 0) is 19.9 Å². The molecule has 2 saturated carbocycles. The molecule has 5 N–H and O–H groups in total. The number of carbonyl (C=O) groups excluding carboxylic acids is 4. The van der Waals surface area contributed by atoms with Gasteiger partial charge in [0.05, 0.1) is 36.1 Å². The van der Waals surface area contributed by atoms with Crippen LogP contribution in [0.4, 0.5) is 9.59 Å². The molecule has 5 aliphatic rings. The van der Waals surface area contributed by atoms with Gasteiger partial charge in [0.2, 0.25) is 11.8 Å². The number of likely N-dealkylation sites (tertiary alicyclic amines) is 2. The Bertz CT molecular complexity index is 2730. The molecule has 15 nitrogen and oxygen atoms in total. The molecule has 2 saturated heterocycles. The molecule has 5 atom stereocenters. The first-order valence-electron chi connectivity index (χ1n) is 22.0. The highest BCUT2D eigenvalue weighted by molar-refractivity contribution is 6.22. The molecule has 5 unspecified atom stereocenters. The summed E-state index contributed by atoms with van der Waals surface area (Å²) in [5, 5.41) is 14.6. The molecule has 0 radical (unpaired) electrons. The Morgan fingerprint density at radius 3 is 2.16 bits per heavy atom. The van der Waals surface area contributed by atoms with E-state index < -0.39 is 29.8 Å². The van der Waals surface area contributed by atoms with Gasteiger partial charge in [0, 0.05) is 29.8 Å². The second kappa shape index (κ2) is 14.8. The van der Waals surface area contributed by atoms with Crippen LogP contribution < -0.4 is 10.6 Å². The van der Waals surface area contributed by atoms with Gasteiger partial charge in [-0.05, 0) is 108 Å². The highest BCUT2D eigenvalue weighted by Gasteiger charge is 2.57. The van der Waals surface area contributed by atoms with Crippen LogP contribution in [0.25, 0.3) is 44.5 Å². The molecule has 2 aliphatic heterocycles. The number of nitrogens with one attached hydrogen (secondary N) is 4. The van der Waals surface area contributed by atoms with E-state index in [1.54, 1.807) is 11.1 Å². The first-order valence-corrected chi connectivity index (χ1v) is 22.0. The molecule has 15 heteroatoms. The van der Waals surface area contributed by atoms with E-state index in [4.69, 9.17) is 14.7 Å². The number of benzene rings is 3. The predicted molar refractivity (Wildman–Crippen MR) is 233 cm³/mol. The second-order valence-electron chi connectivity index (χ2n) is 19.2. The Morgan fingerprint density at radius 1 is 0.825 bits per heavy atom. The van der Waals surface area contributed by atoms with Crippen molar-refractivity contribution in [3.8, 4) is 33.5 Å². The largest absolute Gasteiger partial charge is 0.465 e. The number of aromatic nitrogens is 4. The third-order valence-electron chi connectivity index (χ3n) is 14.5. The normalized spacial score (nSPS) is 22.5. The van der Waals surface area contributed by atoms with Crippen LogP contribution in [0.15, 0.2) is 60.8 Å². The number of aromatic amines is 2. The monoisotopic (exact) mass is 852 g/mol. The third kappa shape index (κ3) is 6.74. The van der Waals surface area contributed by atoms with Crippen molar-refractivity contribution in [2.45, 2.75) is 89.9 Å². The maximum absolute atomic E-state index is 14.2. The van der Waals surface area contributed by atoms with Crippen LogP contribution in [0.5, 0.6) is 0 Å². The Kier molecular flexibility index (Phi) is 9.53. The van der Waals surface area contributed by atoms with Gasteiger partial charge in [-0.1, -0.05) is 58.0 Å². The minimum Gasteiger partial charge on any atom is -0.465 e. The zero-order chi connectivity index (χ0) is 44.1. The number of carboxylic acid groups (broad SMARTS) is 1. The maximum atomic E-state index is 14.2. The smallest absolute Gasteiger partial charge is 0.407 e. The average Bonchev–Trinajstić information content (AvgIpc) is 3.93. The van der Waals surface area contributed by atoms with Gasteiger partial charge >= 0.3 is 12.2 Å². The first-order chi connectivity index (χ1) is 30.2. The number of piperidine rings is 1. The van der Waals surface area contributed by atoms with Gasteiger partial charge in [0.15, 0.2) is 5.78 Å². The number of fused-ring (bicyclic) bond motifs is 6. The van der Waals surface area contributed by atoms with Crippen LogP contribution in [0.1, 0.15) is 99.8 Å². The van der Waals surface area contributed by atoms with E-state index in [0.29, 0.717) is 36.0 Å². The molecule has 3 aliphatic carbocycles. The molecule has 4 amide bonds. The number of amides is 4. The molecule has 1 spiro atoms. The molecule has 5 aromatic rings. The minimum absolute atomic E-state index is 0.0400. The maximum Gasteiger partial charge on any atom is 0.407 e. The van der Waals surface area contributed by atoms with Crippen molar-refractivity contribution >= 4 is 40.8 Å². The minimum atomic E-state index is -1.23. The molecule has 10 rings (SSSR count). The van der Waals surface area contributed by atoms with Crippen molar-refractivity contribution in [3.63, 3.8) is 0 Å². The van der Waals surface area contributed by atoms with E-state index in [-0.39, 0.29) is 40.9 Å².